The molecule has 0 saturated carbocycles. The Balaban J connectivity index is 2.71. The number of hydrogen-bond acceptors (Lipinski definition) is 4. The summed E-state index contributed by atoms with van der Waals surface area (Å²) < 4.78 is 5.34. The molecule has 0 radical (unpaired) electrons. The highest BCUT2D eigenvalue weighted by Crippen LogP contribution is 2.15. The highest BCUT2D eigenvalue weighted by Gasteiger charge is 2.11. The zero-order chi connectivity index (χ0) is 12.8. The first-order valence-electron chi connectivity index (χ1n) is 5.69. The summed E-state index contributed by atoms with van der Waals surface area (Å²) in [6.45, 7) is 5.11. The van der Waals surface area contributed by atoms with Crippen LogP contribution >= 0.6 is 0 Å². The second kappa shape index (κ2) is 6.08. The molecule has 0 aliphatic carbocycles. The van der Waals surface area contributed by atoms with Gasteiger partial charge in [-0.3, -0.25) is 5.41 Å². The van der Waals surface area contributed by atoms with Gasteiger partial charge in [-0.05, 0) is 13.0 Å². The Bertz CT molecular complexity index is 381. The first-order chi connectivity index (χ1) is 8.04. The van der Waals surface area contributed by atoms with Crippen molar-refractivity contribution in [2.45, 2.75) is 13.8 Å². The molecule has 17 heavy (non-hydrogen) atoms. The van der Waals surface area contributed by atoms with Crippen molar-refractivity contribution in [2.24, 2.45) is 11.7 Å². The van der Waals surface area contributed by atoms with Crippen molar-refractivity contribution in [3.05, 3.63) is 18.2 Å². The van der Waals surface area contributed by atoms with Crippen LogP contribution in [0, 0.1) is 11.3 Å². The number of hydrogen-bond donors (Lipinski definition) is 2. The topological polar surface area (TPSA) is 75.2 Å². The summed E-state index contributed by atoms with van der Waals surface area (Å²) in [6.07, 6.45) is 0. The summed E-state index contributed by atoms with van der Waals surface area (Å²) in [5.41, 5.74) is 5.45. The molecule has 1 rings (SSSR count). The maximum absolute atomic E-state index is 7.37. The Hall–Kier alpha value is -1.78. The van der Waals surface area contributed by atoms with Crippen LogP contribution in [0.2, 0.25) is 0 Å². The molecule has 1 atom stereocenters. The lowest BCUT2D eigenvalue weighted by Crippen LogP contribution is -2.32. The lowest BCUT2D eigenvalue weighted by atomic mass is 10.1. The maximum atomic E-state index is 7.37. The second-order valence-corrected chi connectivity index (χ2v) is 4.00. The molecule has 1 aromatic heterocycles. The van der Waals surface area contributed by atoms with Gasteiger partial charge in [0.2, 0.25) is 5.88 Å². The summed E-state index contributed by atoms with van der Waals surface area (Å²) in [4.78, 5) is 6.33. The molecule has 0 spiro atoms. The molecule has 0 fully saturated rings. The predicted octanol–water partition coefficient (Wildman–Crippen LogP) is 1.49. The van der Waals surface area contributed by atoms with Crippen molar-refractivity contribution in [3.63, 3.8) is 0 Å². The van der Waals surface area contributed by atoms with E-state index in [9.17, 15) is 0 Å². The lowest BCUT2D eigenvalue weighted by molar-refractivity contribution is 0.327. The largest absolute Gasteiger partial charge is 0.478 e. The molecule has 1 unspecified atom stereocenters. The van der Waals surface area contributed by atoms with Crippen LogP contribution in [0.5, 0.6) is 5.88 Å². The van der Waals surface area contributed by atoms with Crippen molar-refractivity contribution in [3.8, 4) is 5.88 Å². The average molecular weight is 236 g/mol. The van der Waals surface area contributed by atoms with Crippen LogP contribution in [0.25, 0.3) is 0 Å². The Morgan fingerprint density at radius 2 is 2.29 bits per heavy atom. The molecular formula is C12H20N4O. The van der Waals surface area contributed by atoms with E-state index in [0.717, 1.165) is 5.82 Å². The van der Waals surface area contributed by atoms with Crippen LogP contribution in [0.3, 0.4) is 0 Å². The van der Waals surface area contributed by atoms with Gasteiger partial charge in [0.1, 0.15) is 5.82 Å². The number of amidine groups is 1. The Kier molecular flexibility index (Phi) is 4.75. The van der Waals surface area contributed by atoms with Gasteiger partial charge >= 0.3 is 0 Å². The van der Waals surface area contributed by atoms with E-state index in [1.807, 2.05) is 44.0 Å². The van der Waals surface area contributed by atoms with Crippen LogP contribution in [0.1, 0.15) is 13.8 Å². The SMILES string of the molecule is CCOc1cccc(N(C)CC(C)C(=N)N)n1. The molecule has 0 amide bonds. The minimum absolute atomic E-state index is 0.0116. The minimum atomic E-state index is 0.0116. The van der Waals surface area contributed by atoms with Gasteiger partial charge in [0, 0.05) is 25.6 Å². The number of nitrogens with two attached hydrogens (primary N) is 1. The van der Waals surface area contributed by atoms with E-state index in [1.165, 1.54) is 0 Å². The van der Waals surface area contributed by atoms with Crippen LogP contribution in [-0.4, -0.2) is 31.0 Å². The van der Waals surface area contributed by atoms with Gasteiger partial charge in [0.25, 0.3) is 0 Å². The van der Waals surface area contributed by atoms with E-state index in [0.29, 0.717) is 19.0 Å². The predicted molar refractivity (Wildman–Crippen MR) is 69.8 cm³/mol. The van der Waals surface area contributed by atoms with Crippen molar-refractivity contribution in [2.75, 3.05) is 25.1 Å². The number of nitrogens with one attached hydrogen (secondary N) is 1. The lowest BCUT2D eigenvalue weighted by Gasteiger charge is -2.22. The minimum Gasteiger partial charge on any atom is -0.478 e. The van der Waals surface area contributed by atoms with Gasteiger partial charge in [-0.15, -0.1) is 0 Å². The summed E-state index contributed by atoms with van der Waals surface area (Å²) in [5, 5.41) is 7.37. The summed E-state index contributed by atoms with van der Waals surface area (Å²) in [5.74, 6) is 1.65. The monoisotopic (exact) mass is 236 g/mol. The van der Waals surface area contributed by atoms with Crippen LogP contribution in [0.4, 0.5) is 5.82 Å². The van der Waals surface area contributed by atoms with E-state index in [1.54, 1.807) is 0 Å². The van der Waals surface area contributed by atoms with E-state index in [4.69, 9.17) is 15.9 Å². The average Bonchev–Trinajstić information content (AvgIpc) is 2.29. The second-order valence-electron chi connectivity index (χ2n) is 4.00. The fourth-order valence-electron chi connectivity index (χ4n) is 1.45. The number of aromatic nitrogens is 1. The third-order valence-electron chi connectivity index (χ3n) is 2.47. The molecule has 0 bridgehead atoms. The number of rotatable bonds is 6. The zero-order valence-corrected chi connectivity index (χ0v) is 10.6. The quantitative estimate of drug-likeness (QED) is 0.579. The molecule has 94 valence electrons. The standard InChI is InChI=1S/C12H20N4O/c1-4-17-11-7-5-6-10(15-11)16(3)8-9(2)12(13)14/h5-7,9H,4,8H2,1-3H3,(H3,13,14). The molecule has 1 heterocycles. The first kappa shape index (κ1) is 13.3. The Morgan fingerprint density at radius 3 is 2.88 bits per heavy atom. The van der Waals surface area contributed by atoms with Gasteiger partial charge in [-0.2, -0.15) is 4.98 Å². The summed E-state index contributed by atoms with van der Waals surface area (Å²) in [6, 6.07) is 5.65. The smallest absolute Gasteiger partial charge is 0.215 e. The third-order valence-corrected chi connectivity index (χ3v) is 2.47. The molecule has 3 N–H and O–H groups in total. The van der Waals surface area contributed by atoms with Crippen molar-refractivity contribution < 1.29 is 4.74 Å². The van der Waals surface area contributed by atoms with Crippen molar-refractivity contribution in [1.82, 2.24) is 4.98 Å². The van der Waals surface area contributed by atoms with Gasteiger partial charge in [0.15, 0.2) is 0 Å². The number of ether oxygens (including phenoxy) is 1. The fourth-order valence-corrected chi connectivity index (χ4v) is 1.45. The van der Waals surface area contributed by atoms with Crippen LogP contribution < -0.4 is 15.4 Å². The van der Waals surface area contributed by atoms with E-state index >= 15 is 0 Å². The number of anilines is 1. The van der Waals surface area contributed by atoms with Crippen molar-refractivity contribution >= 4 is 11.7 Å². The molecule has 0 aromatic carbocycles. The molecule has 0 aliphatic heterocycles. The summed E-state index contributed by atoms with van der Waals surface area (Å²) in [7, 11) is 1.93. The third kappa shape index (κ3) is 3.94. The maximum Gasteiger partial charge on any atom is 0.215 e. The Morgan fingerprint density at radius 1 is 1.59 bits per heavy atom. The molecular weight excluding hydrogens is 216 g/mol. The Labute approximate surface area is 102 Å². The van der Waals surface area contributed by atoms with Crippen LogP contribution in [-0.2, 0) is 0 Å². The number of nitrogens with zero attached hydrogens (tertiary/aromatic N) is 2. The molecule has 1 aromatic rings. The molecule has 5 nitrogen and oxygen atoms in total. The van der Waals surface area contributed by atoms with Gasteiger partial charge in [-0.1, -0.05) is 13.0 Å². The highest BCUT2D eigenvalue weighted by atomic mass is 16.5. The highest BCUT2D eigenvalue weighted by molar-refractivity contribution is 5.79. The molecule has 5 heteroatoms. The van der Waals surface area contributed by atoms with Gasteiger partial charge < -0.3 is 15.4 Å². The van der Waals surface area contributed by atoms with Crippen LogP contribution in [0.15, 0.2) is 18.2 Å². The zero-order valence-electron chi connectivity index (χ0n) is 10.6. The van der Waals surface area contributed by atoms with Gasteiger partial charge in [0.05, 0.1) is 12.4 Å². The number of pyridine rings is 1. The van der Waals surface area contributed by atoms with Crippen molar-refractivity contribution in [1.29, 1.82) is 5.41 Å². The molecule has 0 aliphatic rings. The van der Waals surface area contributed by atoms with Gasteiger partial charge in [-0.25, -0.2) is 0 Å². The first-order valence-corrected chi connectivity index (χ1v) is 5.69. The normalized spacial score (nSPS) is 11.9. The summed E-state index contributed by atoms with van der Waals surface area (Å²) >= 11 is 0. The van der Waals surface area contributed by atoms with E-state index in [2.05, 4.69) is 4.98 Å². The van der Waals surface area contributed by atoms with E-state index < -0.39 is 0 Å². The molecule has 0 saturated heterocycles. The van der Waals surface area contributed by atoms with E-state index in [-0.39, 0.29) is 11.8 Å². The fraction of sp³-hybridized carbons (Fsp3) is 0.500.